The fraction of sp³-hybridized carbons (Fsp3) is 0.833. The van der Waals surface area contributed by atoms with Gasteiger partial charge in [0.05, 0.1) is 12.6 Å². The zero-order valence-corrected chi connectivity index (χ0v) is 22.5. The summed E-state index contributed by atoms with van der Waals surface area (Å²) in [6.45, 7) is 17.3. The Labute approximate surface area is 204 Å². The molecule has 0 aliphatic heterocycles. The topological polar surface area (TPSA) is 120 Å². The number of unbranched alkanes of at least 4 members (excludes halogenated alkanes) is 1. The lowest BCUT2D eigenvalue weighted by Crippen LogP contribution is -2.53. The van der Waals surface area contributed by atoms with Crippen LogP contribution in [0.5, 0.6) is 0 Å². The van der Waals surface area contributed by atoms with E-state index in [0.29, 0.717) is 25.9 Å². The van der Waals surface area contributed by atoms with Gasteiger partial charge in [0.15, 0.2) is 0 Å². The summed E-state index contributed by atoms with van der Waals surface area (Å²) < 4.78 is 21.1. The van der Waals surface area contributed by atoms with E-state index < -0.39 is 41.1 Å². The van der Waals surface area contributed by atoms with Gasteiger partial charge >= 0.3 is 24.2 Å². The Bertz CT molecular complexity index is 659. The van der Waals surface area contributed by atoms with E-state index in [1.54, 1.807) is 69.2 Å². The highest BCUT2D eigenvalue weighted by atomic mass is 16.6. The van der Waals surface area contributed by atoms with E-state index >= 15 is 0 Å². The lowest BCUT2D eigenvalue weighted by atomic mass is 10.1. The van der Waals surface area contributed by atoms with Gasteiger partial charge in [0, 0.05) is 13.0 Å². The van der Waals surface area contributed by atoms with Crippen LogP contribution in [0.4, 0.5) is 14.4 Å². The van der Waals surface area contributed by atoms with Crippen molar-refractivity contribution in [2.45, 2.75) is 118 Å². The molecule has 0 spiro atoms. The SMILES string of the molecule is CCOC(=O)CCCC[C@@H](CNC(=O)OC(C)(C)C)N(C(=O)OC(C)(C)C)C(=O)OC(C)(C)C. The molecule has 0 fully saturated rings. The maximum Gasteiger partial charge on any atom is 0.420 e. The molecule has 1 N–H and O–H groups in total. The van der Waals surface area contributed by atoms with Gasteiger partial charge in [-0.15, -0.1) is 0 Å². The second-order valence-corrected chi connectivity index (χ2v) is 10.9. The molecule has 0 rings (SSSR count). The van der Waals surface area contributed by atoms with Crippen LogP contribution in [0, 0.1) is 0 Å². The van der Waals surface area contributed by atoms with Crippen molar-refractivity contribution >= 4 is 24.2 Å². The predicted molar refractivity (Wildman–Crippen MR) is 127 cm³/mol. The maximum atomic E-state index is 13.0. The normalized spacial score (nSPS) is 12.9. The van der Waals surface area contributed by atoms with Gasteiger partial charge in [0.25, 0.3) is 0 Å². The third-order valence-corrected chi connectivity index (χ3v) is 3.90. The van der Waals surface area contributed by atoms with Crippen LogP contribution in [0.1, 0.15) is 94.9 Å². The van der Waals surface area contributed by atoms with Crippen molar-refractivity contribution in [3.8, 4) is 0 Å². The summed E-state index contributed by atoms with van der Waals surface area (Å²) in [6, 6.07) is -0.792. The highest BCUT2D eigenvalue weighted by Crippen LogP contribution is 2.20. The number of carbonyl (C=O) groups excluding carboxylic acids is 4. The van der Waals surface area contributed by atoms with Crippen LogP contribution < -0.4 is 5.32 Å². The average molecular weight is 489 g/mol. The molecule has 0 bridgehead atoms. The maximum absolute atomic E-state index is 13.0. The minimum Gasteiger partial charge on any atom is -0.466 e. The van der Waals surface area contributed by atoms with Crippen molar-refractivity contribution in [1.29, 1.82) is 0 Å². The summed E-state index contributed by atoms with van der Waals surface area (Å²) in [6.07, 6.45) is -0.976. The molecule has 0 aromatic rings. The van der Waals surface area contributed by atoms with Crippen molar-refractivity contribution in [3.05, 3.63) is 0 Å². The molecule has 0 radical (unpaired) electrons. The fourth-order valence-corrected chi connectivity index (χ4v) is 2.72. The van der Waals surface area contributed by atoms with Crippen molar-refractivity contribution in [1.82, 2.24) is 10.2 Å². The van der Waals surface area contributed by atoms with Gasteiger partial charge < -0.3 is 24.3 Å². The molecule has 10 heteroatoms. The monoisotopic (exact) mass is 488 g/mol. The van der Waals surface area contributed by atoms with E-state index in [-0.39, 0.29) is 18.9 Å². The number of hydrogen-bond donors (Lipinski definition) is 1. The Balaban J connectivity index is 5.70. The quantitative estimate of drug-likeness (QED) is 0.268. The summed E-state index contributed by atoms with van der Waals surface area (Å²) in [7, 11) is 0. The molecule has 0 aliphatic carbocycles. The minimum absolute atomic E-state index is 0.0766. The Morgan fingerprint density at radius 1 is 0.765 bits per heavy atom. The number of alkyl carbamates (subject to hydrolysis) is 1. The van der Waals surface area contributed by atoms with Crippen LogP contribution in [0.15, 0.2) is 0 Å². The zero-order valence-electron chi connectivity index (χ0n) is 22.5. The molecule has 1 atom stereocenters. The third kappa shape index (κ3) is 15.3. The second-order valence-electron chi connectivity index (χ2n) is 10.9. The van der Waals surface area contributed by atoms with Crippen molar-refractivity contribution < 1.29 is 38.1 Å². The van der Waals surface area contributed by atoms with Gasteiger partial charge in [-0.25, -0.2) is 19.3 Å². The second kappa shape index (κ2) is 13.4. The molecule has 3 amide bonds. The van der Waals surface area contributed by atoms with Gasteiger partial charge in [0.1, 0.15) is 16.8 Å². The summed E-state index contributed by atoms with van der Waals surface area (Å²) in [5, 5.41) is 2.62. The Hall–Kier alpha value is -2.52. The highest BCUT2D eigenvalue weighted by Gasteiger charge is 2.37. The van der Waals surface area contributed by atoms with E-state index in [4.69, 9.17) is 18.9 Å². The molecule has 198 valence electrons. The van der Waals surface area contributed by atoms with Crippen LogP contribution in [-0.4, -0.2) is 65.1 Å². The minimum atomic E-state index is -0.886. The predicted octanol–water partition coefficient (Wildman–Crippen LogP) is 5.18. The molecule has 0 aliphatic rings. The number of hydrogen-bond acceptors (Lipinski definition) is 8. The van der Waals surface area contributed by atoms with Crippen LogP contribution >= 0.6 is 0 Å². The van der Waals surface area contributed by atoms with Gasteiger partial charge in [-0.1, -0.05) is 6.42 Å². The Kier molecular flexibility index (Phi) is 12.4. The van der Waals surface area contributed by atoms with E-state index in [2.05, 4.69) is 5.32 Å². The number of esters is 1. The number of nitrogens with one attached hydrogen (secondary N) is 1. The molecule has 10 nitrogen and oxygen atoms in total. The van der Waals surface area contributed by atoms with Crippen LogP contribution in [0.3, 0.4) is 0 Å². The fourth-order valence-electron chi connectivity index (χ4n) is 2.72. The molecule has 0 saturated heterocycles. The first-order chi connectivity index (χ1) is 15.3. The van der Waals surface area contributed by atoms with Gasteiger partial charge in [-0.05, 0) is 82.1 Å². The molecular weight excluding hydrogens is 444 g/mol. The van der Waals surface area contributed by atoms with E-state index in [0.717, 1.165) is 4.90 Å². The highest BCUT2D eigenvalue weighted by molar-refractivity contribution is 5.88. The number of nitrogens with zero attached hydrogens (tertiary/aromatic N) is 1. The van der Waals surface area contributed by atoms with Crippen LogP contribution in [0.25, 0.3) is 0 Å². The zero-order chi connectivity index (χ0) is 26.7. The summed E-state index contributed by atoms with van der Waals surface area (Å²) in [5.41, 5.74) is -2.43. The number of amides is 3. The molecular formula is C24H44N2O8. The Morgan fingerprint density at radius 2 is 1.24 bits per heavy atom. The molecule has 0 saturated carbocycles. The summed E-state index contributed by atoms with van der Waals surface area (Å²) >= 11 is 0. The van der Waals surface area contributed by atoms with Gasteiger partial charge in [0.2, 0.25) is 0 Å². The first kappa shape index (κ1) is 31.5. The number of ether oxygens (including phenoxy) is 4. The van der Waals surface area contributed by atoms with Crippen molar-refractivity contribution in [3.63, 3.8) is 0 Å². The Morgan fingerprint density at radius 3 is 1.65 bits per heavy atom. The van der Waals surface area contributed by atoms with E-state index in [1.165, 1.54) is 0 Å². The number of imide groups is 1. The molecule has 34 heavy (non-hydrogen) atoms. The third-order valence-electron chi connectivity index (χ3n) is 3.90. The molecule has 0 heterocycles. The largest absolute Gasteiger partial charge is 0.466 e. The number of carbonyl (C=O) groups is 4. The van der Waals surface area contributed by atoms with Gasteiger partial charge in [-0.2, -0.15) is 0 Å². The lowest BCUT2D eigenvalue weighted by molar-refractivity contribution is -0.143. The lowest BCUT2D eigenvalue weighted by Gasteiger charge is -2.33. The van der Waals surface area contributed by atoms with Crippen LogP contribution in [-0.2, 0) is 23.7 Å². The number of rotatable bonds is 9. The molecule has 0 aromatic heterocycles. The summed E-state index contributed by atoms with van der Waals surface area (Å²) in [4.78, 5) is 50.8. The van der Waals surface area contributed by atoms with Crippen LogP contribution in [0.2, 0.25) is 0 Å². The molecule has 0 aromatic carbocycles. The molecule has 0 unspecified atom stereocenters. The standard InChI is InChI=1S/C24H44N2O8/c1-11-31-18(27)15-13-12-14-17(16-25-19(28)32-22(2,3)4)26(20(29)33-23(5,6)7)21(30)34-24(8,9)10/h17H,11-16H2,1-10H3,(H,25,28)/t17-/m0/s1. The van der Waals surface area contributed by atoms with E-state index in [1.807, 2.05) is 0 Å². The van der Waals surface area contributed by atoms with E-state index in [9.17, 15) is 19.2 Å². The van der Waals surface area contributed by atoms with Crippen molar-refractivity contribution in [2.24, 2.45) is 0 Å². The van der Waals surface area contributed by atoms with Gasteiger partial charge in [-0.3, -0.25) is 4.79 Å². The smallest absolute Gasteiger partial charge is 0.420 e. The summed E-state index contributed by atoms with van der Waals surface area (Å²) in [5.74, 6) is -0.318. The first-order valence-electron chi connectivity index (χ1n) is 11.7. The average Bonchev–Trinajstić information content (AvgIpc) is 2.58. The first-order valence-corrected chi connectivity index (χ1v) is 11.7. The van der Waals surface area contributed by atoms with Crippen molar-refractivity contribution in [2.75, 3.05) is 13.2 Å².